The quantitative estimate of drug-likeness (QED) is 0.512. The van der Waals surface area contributed by atoms with Gasteiger partial charge in [0.05, 0.1) is 30.6 Å². The highest BCUT2D eigenvalue weighted by molar-refractivity contribution is 5.92. The van der Waals surface area contributed by atoms with Crippen LogP contribution in [0.4, 0.5) is 6.01 Å². The Balaban J connectivity index is 1.35. The molecule has 1 aliphatic heterocycles. The summed E-state index contributed by atoms with van der Waals surface area (Å²) in [4.78, 5) is 6.77. The summed E-state index contributed by atoms with van der Waals surface area (Å²) >= 11 is 0. The molecule has 4 heterocycles. The van der Waals surface area contributed by atoms with Gasteiger partial charge in [-0.2, -0.15) is 15.2 Å². The molecule has 29 heavy (non-hydrogen) atoms. The van der Waals surface area contributed by atoms with E-state index in [1.54, 1.807) is 0 Å². The van der Waals surface area contributed by atoms with Crippen molar-refractivity contribution in [1.29, 1.82) is 0 Å². The van der Waals surface area contributed by atoms with Crippen LogP contribution in [0.5, 0.6) is 0 Å². The van der Waals surface area contributed by atoms with Crippen LogP contribution in [0.15, 0.2) is 59.3 Å². The number of rotatable bonds is 3. The molecule has 0 amide bonds. The summed E-state index contributed by atoms with van der Waals surface area (Å²) in [5.41, 5.74) is 5.35. The molecule has 0 aliphatic carbocycles. The fourth-order valence-corrected chi connectivity index (χ4v) is 3.71. The number of benzene rings is 2. The van der Waals surface area contributed by atoms with Crippen LogP contribution in [0.2, 0.25) is 0 Å². The SMILES string of the molecule is c1ccc2c(-c3cnn(-c4ccc5oc(N6CCOCC6)nc5c4)c3)n[nH]c2c1. The van der Waals surface area contributed by atoms with Crippen molar-refractivity contribution >= 4 is 28.0 Å². The molecule has 3 aromatic heterocycles. The number of hydrogen-bond donors (Lipinski definition) is 1. The first-order valence-corrected chi connectivity index (χ1v) is 9.57. The molecule has 0 bridgehead atoms. The van der Waals surface area contributed by atoms with Gasteiger partial charge in [0.15, 0.2) is 5.58 Å². The Kier molecular flexibility index (Phi) is 3.63. The first-order valence-electron chi connectivity index (χ1n) is 9.57. The number of ether oxygens (including phenoxy) is 1. The summed E-state index contributed by atoms with van der Waals surface area (Å²) in [5.74, 6) is 0. The summed E-state index contributed by atoms with van der Waals surface area (Å²) in [6.07, 6.45) is 3.81. The fraction of sp³-hybridized carbons (Fsp3) is 0.190. The Morgan fingerprint density at radius 3 is 2.86 bits per heavy atom. The van der Waals surface area contributed by atoms with Crippen LogP contribution in [-0.2, 0) is 4.74 Å². The van der Waals surface area contributed by atoms with E-state index in [4.69, 9.17) is 9.15 Å². The van der Waals surface area contributed by atoms with Crippen LogP contribution in [-0.4, -0.2) is 51.3 Å². The number of morpholine rings is 1. The Morgan fingerprint density at radius 1 is 1.03 bits per heavy atom. The van der Waals surface area contributed by atoms with Crippen molar-refractivity contribution in [3.8, 4) is 16.9 Å². The molecule has 8 heteroatoms. The number of H-pyrrole nitrogens is 1. The predicted octanol–water partition coefficient (Wildman–Crippen LogP) is 3.39. The molecule has 1 N–H and O–H groups in total. The normalized spacial score (nSPS) is 14.8. The zero-order chi connectivity index (χ0) is 19.2. The van der Waals surface area contributed by atoms with Crippen molar-refractivity contribution in [2.75, 3.05) is 31.2 Å². The summed E-state index contributed by atoms with van der Waals surface area (Å²) in [6, 6.07) is 14.6. The van der Waals surface area contributed by atoms with Gasteiger partial charge in [-0.3, -0.25) is 5.10 Å². The number of fused-ring (bicyclic) bond motifs is 2. The number of nitrogens with one attached hydrogen (secondary N) is 1. The summed E-state index contributed by atoms with van der Waals surface area (Å²) in [7, 11) is 0. The van der Waals surface area contributed by atoms with Crippen molar-refractivity contribution in [2.45, 2.75) is 0 Å². The maximum absolute atomic E-state index is 5.93. The van der Waals surface area contributed by atoms with Gasteiger partial charge < -0.3 is 14.1 Å². The van der Waals surface area contributed by atoms with Crippen molar-refractivity contribution < 1.29 is 9.15 Å². The van der Waals surface area contributed by atoms with Gasteiger partial charge in [0, 0.05) is 30.2 Å². The van der Waals surface area contributed by atoms with E-state index < -0.39 is 0 Å². The van der Waals surface area contributed by atoms with E-state index in [-0.39, 0.29) is 0 Å². The van der Waals surface area contributed by atoms with E-state index >= 15 is 0 Å². The Labute approximate surface area is 165 Å². The number of aromatic nitrogens is 5. The van der Waals surface area contributed by atoms with Gasteiger partial charge in [-0.1, -0.05) is 18.2 Å². The van der Waals surface area contributed by atoms with Gasteiger partial charge in [0.25, 0.3) is 6.01 Å². The second-order valence-electron chi connectivity index (χ2n) is 7.04. The summed E-state index contributed by atoms with van der Waals surface area (Å²) in [5, 5.41) is 13.1. The topological polar surface area (TPSA) is 85.0 Å². The van der Waals surface area contributed by atoms with Crippen molar-refractivity contribution in [3.05, 3.63) is 54.9 Å². The largest absolute Gasteiger partial charge is 0.423 e. The van der Waals surface area contributed by atoms with Crippen molar-refractivity contribution in [1.82, 2.24) is 25.0 Å². The third-order valence-electron chi connectivity index (χ3n) is 5.23. The van der Waals surface area contributed by atoms with Crippen LogP contribution in [0.25, 0.3) is 38.9 Å². The number of nitrogens with zero attached hydrogens (tertiary/aromatic N) is 5. The molecule has 0 atom stereocenters. The van der Waals surface area contributed by atoms with Gasteiger partial charge >= 0.3 is 0 Å². The van der Waals surface area contributed by atoms with Gasteiger partial charge in [-0.15, -0.1) is 0 Å². The third-order valence-corrected chi connectivity index (χ3v) is 5.23. The monoisotopic (exact) mass is 386 g/mol. The molecule has 0 saturated carbocycles. The van der Waals surface area contributed by atoms with E-state index in [0.717, 1.165) is 52.0 Å². The average Bonchev–Trinajstić information content (AvgIpc) is 3.51. The highest BCUT2D eigenvalue weighted by atomic mass is 16.5. The summed E-state index contributed by atoms with van der Waals surface area (Å²) in [6.45, 7) is 2.98. The molecule has 0 radical (unpaired) electrons. The second-order valence-corrected chi connectivity index (χ2v) is 7.04. The smallest absolute Gasteiger partial charge is 0.298 e. The minimum absolute atomic E-state index is 0.643. The van der Waals surface area contributed by atoms with Crippen LogP contribution in [0.3, 0.4) is 0 Å². The van der Waals surface area contributed by atoms with Crippen molar-refractivity contribution in [2.24, 2.45) is 0 Å². The minimum atomic E-state index is 0.643. The first-order chi connectivity index (χ1) is 14.3. The van der Waals surface area contributed by atoms with E-state index in [2.05, 4.69) is 31.2 Å². The van der Waals surface area contributed by atoms with E-state index in [1.165, 1.54) is 0 Å². The third kappa shape index (κ3) is 2.76. The molecule has 6 rings (SSSR count). The maximum atomic E-state index is 5.93. The molecule has 0 unspecified atom stereocenters. The number of oxazole rings is 1. The fourth-order valence-electron chi connectivity index (χ4n) is 3.71. The Bertz CT molecular complexity index is 1310. The lowest BCUT2D eigenvalue weighted by atomic mass is 10.1. The van der Waals surface area contributed by atoms with Crippen LogP contribution < -0.4 is 4.90 Å². The number of hydrogen-bond acceptors (Lipinski definition) is 6. The number of aromatic amines is 1. The molecule has 1 fully saturated rings. The maximum Gasteiger partial charge on any atom is 0.298 e. The van der Waals surface area contributed by atoms with E-state index in [9.17, 15) is 0 Å². The minimum Gasteiger partial charge on any atom is -0.423 e. The van der Waals surface area contributed by atoms with E-state index in [1.807, 2.05) is 53.5 Å². The van der Waals surface area contributed by atoms with E-state index in [0.29, 0.717) is 19.2 Å². The Hall–Kier alpha value is -3.65. The molecular formula is C21H18N6O2. The van der Waals surface area contributed by atoms with Gasteiger partial charge in [0.2, 0.25) is 0 Å². The van der Waals surface area contributed by atoms with Crippen molar-refractivity contribution in [3.63, 3.8) is 0 Å². The average molecular weight is 386 g/mol. The molecule has 2 aromatic carbocycles. The second kappa shape index (κ2) is 6.46. The molecule has 144 valence electrons. The highest BCUT2D eigenvalue weighted by Crippen LogP contribution is 2.28. The number of para-hydroxylation sites is 1. The summed E-state index contributed by atoms with van der Waals surface area (Å²) < 4.78 is 13.2. The standard InChI is InChI=1S/C21H18N6O2/c1-2-4-17-16(3-1)20(25-24-17)14-12-22-27(13-14)15-5-6-19-18(11-15)23-21(29-19)26-7-9-28-10-8-26/h1-6,11-13H,7-10H2,(H,24,25). The van der Waals surface area contributed by atoms with Gasteiger partial charge in [0.1, 0.15) is 11.2 Å². The molecule has 8 nitrogen and oxygen atoms in total. The van der Waals surface area contributed by atoms with Crippen LogP contribution in [0.1, 0.15) is 0 Å². The van der Waals surface area contributed by atoms with Gasteiger partial charge in [-0.05, 0) is 24.3 Å². The van der Waals surface area contributed by atoms with Crippen LogP contribution >= 0.6 is 0 Å². The zero-order valence-corrected chi connectivity index (χ0v) is 15.6. The predicted molar refractivity (Wildman–Crippen MR) is 109 cm³/mol. The van der Waals surface area contributed by atoms with Crippen LogP contribution in [0, 0.1) is 0 Å². The molecule has 0 spiro atoms. The number of anilines is 1. The lowest BCUT2D eigenvalue weighted by molar-refractivity contribution is 0.120. The zero-order valence-electron chi connectivity index (χ0n) is 15.6. The molecule has 1 aliphatic rings. The molecule has 1 saturated heterocycles. The lowest BCUT2D eigenvalue weighted by Crippen LogP contribution is -2.36. The first kappa shape index (κ1) is 16.3. The van der Waals surface area contributed by atoms with Gasteiger partial charge in [-0.25, -0.2) is 4.68 Å². The Morgan fingerprint density at radius 2 is 1.93 bits per heavy atom. The highest BCUT2D eigenvalue weighted by Gasteiger charge is 2.17. The molecule has 5 aromatic rings. The molecular weight excluding hydrogens is 368 g/mol. The lowest BCUT2D eigenvalue weighted by Gasteiger charge is -2.24.